The molecule has 0 radical (unpaired) electrons. The molecule has 0 aliphatic heterocycles. The third kappa shape index (κ3) is 1.70. The van der Waals surface area contributed by atoms with Crippen molar-refractivity contribution in [2.24, 2.45) is 0 Å². The summed E-state index contributed by atoms with van der Waals surface area (Å²) in [6.45, 7) is 0. The lowest BCUT2D eigenvalue weighted by atomic mass is 10.0. The molecule has 0 amide bonds. The first-order valence-corrected chi connectivity index (χ1v) is 5.17. The molecule has 0 atom stereocenters. The van der Waals surface area contributed by atoms with Gasteiger partial charge in [-0.15, -0.1) is 25.3 Å². The van der Waals surface area contributed by atoms with Crippen LogP contribution >= 0.6 is 25.3 Å². The lowest BCUT2D eigenvalue weighted by Crippen LogP contribution is -1.98. The Morgan fingerprint density at radius 3 is 2.33 bits per heavy atom. The number of fused-ring (bicyclic) bond motifs is 1. The normalized spacial score (nSPS) is 10.5. The number of benzene rings is 2. The monoisotopic (exact) mass is 236 g/mol. The van der Waals surface area contributed by atoms with E-state index in [4.69, 9.17) is 5.11 Å². The Hall–Kier alpha value is -1.13. The Balaban J connectivity index is 2.94. The average Bonchev–Trinajstić information content (AvgIpc) is 2.23. The SMILES string of the molecule is O=C(O)c1cc(S)c(S)c2ccccc12. The number of carboxylic acid groups (broad SMARTS) is 1. The lowest BCUT2D eigenvalue weighted by Gasteiger charge is -2.07. The molecule has 0 saturated carbocycles. The van der Waals surface area contributed by atoms with Gasteiger partial charge in [-0.1, -0.05) is 24.3 Å². The minimum Gasteiger partial charge on any atom is -0.478 e. The van der Waals surface area contributed by atoms with Crippen molar-refractivity contribution in [3.63, 3.8) is 0 Å². The fourth-order valence-electron chi connectivity index (χ4n) is 1.52. The molecule has 2 aromatic rings. The number of rotatable bonds is 1. The smallest absolute Gasteiger partial charge is 0.336 e. The van der Waals surface area contributed by atoms with Crippen molar-refractivity contribution in [1.29, 1.82) is 0 Å². The summed E-state index contributed by atoms with van der Waals surface area (Å²) in [6, 6.07) is 8.78. The van der Waals surface area contributed by atoms with Gasteiger partial charge in [-0.25, -0.2) is 4.79 Å². The van der Waals surface area contributed by atoms with E-state index in [1.807, 2.05) is 12.1 Å². The molecule has 0 fully saturated rings. The number of carboxylic acids is 1. The first-order chi connectivity index (χ1) is 7.11. The molecule has 4 heteroatoms. The summed E-state index contributed by atoms with van der Waals surface area (Å²) in [5.74, 6) is -0.949. The number of hydrogen-bond acceptors (Lipinski definition) is 3. The van der Waals surface area contributed by atoms with Crippen LogP contribution in [0.4, 0.5) is 0 Å². The van der Waals surface area contributed by atoms with Crippen LogP contribution < -0.4 is 0 Å². The molecule has 0 bridgehead atoms. The minimum absolute atomic E-state index is 0.258. The van der Waals surface area contributed by atoms with Crippen molar-refractivity contribution in [3.05, 3.63) is 35.9 Å². The van der Waals surface area contributed by atoms with Crippen molar-refractivity contribution in [2.45, 2.75) is 9.79 Å². The van der Waals surface area contributed by atoms with E-state index in [0.717, 1.165) is 5.39 Å². The van der Waals surface area contributed by atoms with E-state index in [-0.39, 0.29) is 5.56 Å². The van der Waals surface area contributed by atoms with Crippen molar-refractivity contribution >= 4 is 42.0 Å². The molecular weight excluding hydrogens is 228 g/mol. The number of thiol groups is 2. The largest absolute Gasteiger partial charge is 0.478 e. The minimum atomic E-state index is -0.949. The molecule has 0 aromatic heterocycles. The van der Waals surface area contributed by atoms with Gasteiger partial charge in [-0.2, -0.15) is 0 Å². The summed E-state index contributed by atoms with van der Waals surface area (Å²) in [6.07, 6.45) is 0. The van der Waals surface area contributed by atoms with Crippen LogP contribution in [-0.2, 0) is 0 Å². The Bertz CT molecular complexity index is 550. The van der Waals surface area contributed by atoms with E-state index in [2.05, 4.69) is 25.3 Å². The second-order valence-corrected chi connectivity index (χ2v) is 4.07. The van der Waals surface area contributed by atoms with Gasteiger partial charge in [0, 0.05) is 9.79 Å². The first-order valence-electron chi connectivity index (χ1n) is 4.28. The molecule has 15 heavy (non-hydrogen) atoms. The maximum absolute atomic E-state index is 11.0. The third-order valence-corrected chi connectivity index (χ3v) is 3.24. The highest BCUT2D eigenvalue weighted by molar-refractivity contribution is 7.83. The zero-order chi connectivity index (χ0) is 11.0. The highest BCUT2D eigenvalue weighted by Crippen LogP contribution is 2.30. The molecule has 76 valence electrons. The van der Waals surface area contributed by atoms with E-state index in [9.17, 15) is 4.79 Å². The van der Waals surface area contributed by atoms with Gasteiger partial charge in [0.15, 0.2) is 0 Å². The van der Waals surface area contributed by atoms with E-state index in [0.29, 0.717) is 15.2 Å². The standard InChI is InChI=1S/C11H8O2S2/c12-11(13)8-5-9(14)10(15)7-4-2-1-3-6(7)8/h1-5,14-15H,(H,12,13). The summed E-state index contributed by atoms with van der Waals surface area (Å²) in [7, 11) is 0. The molecular formula is C11H8O2S2. The van der Waals surface area contributed by atoms with Crippen LogP contribution in [0.5, 0.6) is 0 Å². The fourth-order valence-corrected chi connectivity index (χ4v) is 2.03. The van der Waals surface area contributed by atoms with E-state index >= 15 is 0 Å². The molecule has 2 aromatic carbocycles. The number of aromatic carboxylic acids is 1. The lowest BCUT2D eigenvalue weighted by molar-refractivity contribution is 0.0698. The summed E-state index contributed by atoms with van der Waals surface area (Å²) >= 11 is 8.51. The molecule has 0 aliphatic carbocycles. The highest BCUT2D eigenvalue weighted by atomic mass is 32.1. The van der Waals surface area contributed by atoms with Crippen LogP contribution in [0.1, 0.15) is 10.4 Å². The zero-order valence-electron chi connectivity index (χ0n) is 7.64. The molecule has 2 nitrogen and oxygen atoms in total. The second kappa shape index (κ2) is 3.79. The first kappa shape index (κ1) is 10.4. The Morgan fingerprint density at radius 1 is 1.13 bits per heavy atom. The average molecular weight is 236 g/mol. The summed E-state index contributed by atoms with van der Waals surface area (Å²) in [4.78, 5) is 12.3. The maximum Gasteiger partial charge on any atom is 0.336 e. The van der Waals surface area contributed by atoms with E-state index in [1.54, 1.807) is 12.1 Å². The van der Waals surface area contributed by atoms with Crippen LogP contribution in [-0.4, -0.2) is 11.1 Å². The molecule has 2 rings (SSSR count). The molecule has 1 N–H and O–H groups in total. The molecule has 0 aliphatic rings. The van der Waals surface area contributed by atoms with Gasteiger partial charge in [-0.05, 0) is 16.8 Å². The Kier molecular flexibility index (Phi) is 2.63. The molecule has 0 saturated heterocycles. The van der Waals surface area contributed by atoms with Gasteiger partial charge in [0.05, 0.1) is 5.56 Å². The highest BCUT2D eigenvalue weighted by Gasteiger charge is 2.12. The van der Waals surface area contributed by atoms with Crippen LogP contribution in [0.3, 0.4) is 0 Å². The topological polar surface area (TPSA) is 37.3 Å². The summed E-state index contributed by atoms with van der Waals surface area (Å²) < 4.78 is 0. The van der Waals surface area contributed by atoms with Crippen molar-refractivity contribution in [3.8, 4) is 0 Å². The van der Waals surface area contributed by atoms with Crippen LogP contribution in [0.25, 0.3) is 10.8 Å². The van der Waals surface area contributed by atoms with Gasteiger partial charge in [0.2, 0.25) is 0 Å². The predicted octanol–water partition coefficient (Wildman–Crippen LogP) is 3.12. The second-order valence-electron chi connectivity index (χ2n) is 3.14. The number of carbonyl (C=O) groups is 1. The van der Waals surface area contributed by atoms with Crippen LogP contribution in [0.2, 0.25) is 0 Å². The van der Waals surface area contributed by atoms with Crippen molar-refractivity contribution < 1.29 is 9.90 Å². The number of hydrogen-bond donors (Lipinski definition) is 3. The Morgan fingerprint density at radius 2 is 1.73 bits per heavy atom. The molecule has 0 spiro atoms. The van der Waals surface area contributed by atoms with E-state index < -0.39 is 5.97 Å². The van der Waals surface area contributed by atoms with Crippen LogP contribution in [0, 0.1) is 0 Å². The summed E-state index contributed by atoms with van der Waals surface area (Å²) in [5, 5.41) is 10.5. The third-order valence-electron chi connectivity index (χ3n) is 2.23. The quantitative estimate of drug-likeness (QED) is 0.665. The zero-order valence-corrected chi connectivity index (χ0v) is 9.43. The van der Waals surface area contributed by atoms with E-state index in [1.165, 1.54) is 6.07 Å². The van der Waals surface area contributed by atoms with Gasteiger partial charge in [0.25, 0.3) is 0 Å². The van der Waals surface area contributed by atoms with Crippen LogP contribution in [0.15, 0.2) is 40.1 Å². The Labute approximate surface area is 97.7 Å². The van der Waals surface area contributed by atoms with Gasteiger partial charge in [-0.3, -0.25) is 0 Å². The fraction of sp³-hybridized carbons (Fsp3) is 0. The molecule has 0 unspecified atom stereocenters. The molecule has 0 heterocycles. The van der Waals surface area contributed by atoms with Crippen molar-refractivity contribution in [2.75, 3.05) is 0 Å². The van der Waals surface area contributed by atoms with Gasteiger partial charge < -0.3 is 5.11 Å². The van der Waals surface area contributed by atoms with Gasteiger partial charge in [0.1, 0.15) is 0 Å². The maximum atomic E-state index is 11.0. The van der Waals surface area contributed by atoms with Gasteiger partial charge >= 0.3 is 5.97 Å². The predicted molar refractivity (Wildman–Crippen MR) is 65.4 cm³/mol. The summed E-state index contributed by atoms with van der Waals surface area (Å²) in [5.41, 5.74) is 0.258. The van der Waals surface area contributed by atoms with Crippen molar-refractivity contribution in [1.82, 2.24) is 0 Å².